The lowest BCUT2D eigenvalue weighted by Gasteiger charge is -2.36. The Morgan fingerprint density at radius 3 is 2.05 bits per heavy atom. The first kappa shape index (κ1) is 17.0. The first-order chi connectivity index (χ1) is 8.87. The maximum atomic E-state index is 12.8. The molecule has 0 heterocycles. The van der Waals surface area contributed by atoms with Crippen molar-refractivity contribution in [1.82, 2.24) is 0 Å². The average Bonchev–Trinajstić information content (AvgIpc) is 2.25. The lowest BCUT2D eigenvalue weighted by Crippen LogP contribution is -2.43. The third-order valence-corrected chi connectivity index (χ3v) is 8.01. The van der Waals surface area contributed by atoms with Gasteiger partial charge in [0, 0.05) is 0 Å². The van der Waals surface area contributed by atoms with E-state index in [0.717, 1.165) is 12.1 Å². The zero-order valence-electron chi connectivity index (χ0n) is 12.4. The molecule has 0 aliphatic rings. The first-order valence-corrected chi connectivity index (χ1v) is 9.29. The Morgan fingerprint density at radius 2 is 1.65 bits per heavy atom. The van der Waals surface area contributed by atoms with Crippen LogP contribution in [0, 0.1) is 0 Å². The molecule has 2 nitrogen and oxygen atoms in total. The Hall–Kier alpha value is -1.01. The summed E-state index contributed by atoms with van der Waals surface area (Å²) in [5, 5.41) is 8.99. The molecule has 0 aliphatic carbocycles. The van der Waals surface area contributed by atoms with E-state index in [1.165, 1.54) is 6.07 Å². The van der Waals surface area contributed by atoms with E-state index < -0.39 is 26.7 Å². The average molecular weight is 306 g/mol. The number of aliphatic hydroxyl groups is 1. The van der Waals surface area contributed by atoms with Crippen LogP contribution in [0.25, 0.3) is 0 Å². The number of benzene rings is 1. The Bertz CT molecular complexity index is 476. The smallest absolute Gasteiger partial charge is 0.416 e. The van der Waals surface area contributed by atoms with Gasteiger partial charge in [0.15, 0.2) is 0 Å². The van der Waals surface area contributed by atoms with Gasteiger partial charge in [-0.3, -0.25) is 0 Å². The molecule has 0 aromatic heterocycles. The van der Waals surface area contributed by atoms with Gasteiger partial charge in [-0.1, -0.05) is 20.8 Å². The summed E-state index contributed by atoms with van der Waals surface area (Å²) in [5.74, 6) is 0.176. The van der Waals surface area contributed by atoms with Crippen LogP contribution in [0.4, 0.5) is 13.2 Å². The topological polar surface area (TPSA) is 29.5 Å². The second-order valence-corrected chi connectivity index (χ2v) is 11.1. The summed E-state index contributed by atoms with van der Waals surface area (Å²) >= 11 is 0. The zero-order chi connectivity index (χ0) is 15.8. The van der Waals surface area contributed by atoms with Gasteiger partial charge in [0.25, 0.3) is 0 Å². The molecule has 0 fully saturated rings. The predicted octanol–water partition coefficient (Wildman–Crippen LogP) is 4.58. The Morgan fingerprint density at radius 1 is 1.10 bits per heavy atom. The fraction of sp³-hybridized carbons (Fsp3) is 0.571. The molecule has 1 aromatic rings. The zero-order valence-corrected chi connectivity index (χ0v) is 13.4. The van der Waals surface area contributed by atoms with Crippen LogP contribution >= 0.6 is 0 Å². The second-order valence-electron chi connectivity index (χ2n) is 6.38. The molecule has 0 saturated heterocycles. The van der Waals surface area contributed by atoms with Crippen molar-refractivity contribution in [3.05, 3.63) is 29.3 Å². The molecule has 0 aliphatic heterocycles. The fourth-order valence-electron chi connectivity index (χ4n) is 1.42. The number of halogens is 3. The summed E-state index contributed by atoms with van der Waals surface area (Å²) in [6.45, 7) is 9.52. The minimum atomic E-state index is -4.45. The molecule has 0 spiro atoms. The van der Waals surface area contributed by atoms with Crippen LogP contribution in [0.15, 0.2) is 18.2 Å². The van der Waals surface area contributed by atoms with Gasteiger partial charge in [-0.25, -0.2) is 0 Å². The van der Waals surface area contributed by atoms with Crippen LogP contribution in [0.3, 0.4) is 0 Å². The molecule has 1 N–H and O–H groups in total. The monoisotopic (exact) mass is 306 g/mol. The first-order valence-electron chi connectivity index (χ1n) is 6.38. The molecule has 0 radical (unpaired) electrons. The van der Waals surface area contributed by atoms with Gasteiger partial charge in [-0.2, -0.15) is 13.2 Å². The van der Waals surface area contributed by atoms with E-state index in [1.54, 1.807) is 0 Å². The van der Waals surface area contributed by atoms with Crippen molar-refractivity contribution in [3.8, 4) is 5.75 Å². The molecule has 0 atom stereocenters. The van der Waals surface area contributed by atoms with Crippen LogP contribution < -0.4 is 4.43 Å². The number of rotatable bonds is 3. The van der Waals surface area contributed by atoms with Crippen molar-refractivity contribution in [2.45, 2.75) is 51.7 Å². The number of aliphatic hydroxyl groups excluding tert-OH is 1. The summed E-state index contributed by atoms with van der Waals surface area (Å²) in [5.41, 5.74) is -0.591. The van der Waals surface area contributed by atoms with Gasteiger partial charge >= 0.3 is 6.18 Å². The molecule has 0 amide bonds. The predicted molar refractivity (Wildman–Crippen MR) is 75.2 cm³/mol. The van der Waals surface area contributed by atoms with Gasteiger partial charge in [0.05, 0.1) is 12.2 Å². The third kappa shape index (κ3) is 3.99. The van der Waals surface area contributed by atoms with Crippen molar-refractivity contribution in [3.63, 3.8) is 0 Å². The largest absolute Gasteiger partial charge is 0.543 e. The van der Waals surface area contributed by atoms with E-state index in [1.807, 2.05) is 33.9 Å². The van der Waals surface area contributed by atoms with Crippen molar-refractivity contribution in [1.29, 1.82) is 0 Å². The Kier molecular flexibility index (Phi) is 4.61. The highest BCUT2D eigenvalue weighted by Gasteiger charge is 2.39. The molecule has 6 heteroatoms. The molecule has 114 valence electrons. The number of hydrogen-bond donors (Lipinski definition) is 1. The van der Waals surface area contributed by atoms with Crippen LogP contribution in [0.2, 0.25) is 18.1 Å². The van der Waals surface area contributed by atoms with Gasteiger partial charge in [-0.05, 0) is 41.9 Å². The quantitative estimate of drug-likeness (QED) is 0.828. The number of hydrogen-bond acceptors (Lipinski definition) is 2. The van der Waals surface area contributed by atoms with Gasteiger partial charge in [0.1, 0.15) is 5.75 Å². The van der Waals surface area contributed by atoms with E-state index in [4.69, 9.17) is 9.53 Å². The molecule has 20 heavy (non-hydrogen) atoms. The molecule has 0 unspecified atom stereocenters. The third-order valence-electron chi connectivity index (χ3n) is 3.66. The normalized spacial score (nSPS) is 13.4. The SMILES string of the molecule is CC(C)(C)[Si](C)(C)Oc1cc(CO)cc(C(F)(F)F)c1. The maximum absolute atomic E-state index is 12.8. The lowest BCUT2D eigenvalue weighted by atomic mass is 10.1. The van der Waals surface area contributed by atoms with E-state index in [-0.39, 0.29) is 16.4 Å². The maximum Gasteiger partial charge on any atom is 0.416 e. The molecule has 1 rings (SSSR count). The van der Waals surface area contributed by atoms with Gasteiger partial charge < -0.3 is 9.53 Å². The van der Waals surface area contributed by atoms with Gasteiger partial charge in [-0.15, -0.1) is 0 Å². The van der Waals surface area contributed by atoms with Crippen molar-refractivity contribution < 1.29 is 22.7 Å². The van der Waals surface area contributed by atoms with Crippen molar-refractivity contribution >= 4 is 8.32 Å². The highest BCUT2D eigenvalue weighted by molar-refractivity contribution is 6.74. The second kappa shape index (κ2) is 5.41. The summed E-state index contributed by atoms with van der Waals surface area (Å²) < 4.78 is 44.3. The minimum Gasteiger partial charge on any atom is -0.543 e. The van der Waals surface area contributed by atoms with E-state index in [9.17, 15) is 13.2 Å². The molecular formula is C14H21F3O2Si. The Labute approximate surface area is 118 Å². The Balaban J connectivity index is 3.20. The molecule has 0 bridgehead atoms. The highest BCUT2D eigenvalue weighted by atomic mass is 28.4. The minimum absolute atomic E-state index is 0.111. The lowest BCUT2D eigenvalue weighted by molar-refractivity contribution is -0.137. The van der Waals surface area contributed by atoms with Crippen LogP contribution in [-0.4, -0.2) is 13.4 Å². The number of alkyl halides is 3. The molecule has 0 saturated carbocycles. The van der Waals surface area contributed by atoms with Crippen molar-refractivity contribution in [2.75, 3.05) is 0 Å². The van der Waals surface area contributed by atoms with Crippen LogP contribution in [-0.2, 0) is 12.8 Å². The highest BCUT2D eigenvalue weighted by Crippen LogP contribution is 2.39. The standard InChI is InChI=1S/C14H21F3O2Si/c1-13(2,3)20(4,5)19-12-7-10(9-18)6-11(8-12)14(15,16)17/h6-8,18H,9H2,1-5H3. The summed E-state index contributed by atoms with van der Waals surface area (Å²) in [6, 6.07) is 3.41. The summed E-state index contributed by atoms with van der Waals surface area (Å²) in [4.78, 5) is 0. The summed E-state index contributed by atoms with van der Waals surface area (Å²) in [6.07, 6.45) is -4.45. The van der Waals surface area contributed by atoms with Crippen molar-refractivity contribution in [2.24, 2.45) is 0 Å². The van der Waals surface area contributed by atoms with E-state index >= 15 is 0 Å². The fourth-order valence-corrected chi connectivity index (χ4v) is 2.44. The van der Waals surface area contributed by atoms with Crippen LogP contribution in [0.1, 0.15) is 31.9 Å². The summed E-state index contributed by atoms with van der Waals surface area (Å²) in [7, 11) is -2.21. The van der Waals surface area contributed by atoms with E-state index in [0.29, 0.717) is 0 Å². The molecular weight excluding hydrogens is 285 g/mol. The van der Waals surface area contributed by atoms with Gasteiger partial charge in [0.2, 0.25) is 8.32 Å². The van der Waals surface area contributed by atoms with Crippen LogP contribution in [0.5, 0.6) is 5.75 Å². The van der Waals surface area contributed by atoms with E-state index in [2.05, 4.69) is 0 Å². The molecule has 1 aromatic carbocycles.